The fourth-order valence-corrected chi connectivity index (χ4v) is 3.56. The lowest BCUT2D eigenvalue weighted by Gasteiger charge is -2.46. The van der Waals surface area contributed by atoms with Crippen LogP contribution in [0.2, 0.25) is 5.02 Å². The van der Waals surface area contributed by atoms with Gasteiger partial charge in [-0.25, -0.2) is 0 Å². The van der Waals surface area contributed by atoms with E-state index in [1.807, 2.05) is 24.3 Å². The Morgan fingerprint density at radius 2 is 2.05 bits per heavy atom. The van der Waals surface area contributed by atoms with Crippen molar-refractivity contribution in [1.29, 1.82) is 0 Å². The molecular formula is C16H21ClN2O2. The molecule has 1 unspecified atom stereocenters. The van der Waals surface area contributed by atoms with Crippen LogP contribution in [0.15, 0.2) is 24.3 Å². The Bertz CT molecular complexity index is 531. The third-order valence-corrected chi connectivity index (χ3v) is 4.96. The van der Waals surface area contributed by atoms with Crippen LogP contribution in [0, 0.1) is 5.92 Å². The van der Waals surface area contributed by atoms with Crippen LogP contribution in [0.5, 0.6) is 0 Å². The maximum atomic E-state index is 12.2. The standard InChI is InChI=1S/C16H21ClN2O2/c1-16(12-6-8-18-9-7-12)11-19(15(20)10-21-16)14-5-3-2-4-13(14)17/h2-5,12,18H,6-11H2,1H3. The zero-order valence-corrected chi connectivity index (χ0v) is 13.0. The number of morpholine rings is 1. The molecule has 1 N–H and O–H groups in total. The number of ether oxygens (including phenoxy) is 1. The zero-order valence-electron chi connectivity index (χ0n) is 12.3. The summed E-state index contributed by atoms with van der Waals surface area (Å²) in [7, 11) is 0. The number of hydrogen-bond donors (Lipinski definition) is 1. The van der Waals surface area contributed by atoms with Gasteiger partial charge in [-0.05, 0) is 50.9 Å². The maximum absolute atomic E-state index is 12.2. The highest BCUT2D eigenvalue weighted by molar-refractivity contribution is 6.33. The number of hydrogen-bond acceptors (Lipinski definition) is 3. The Kier molecular flexibility index (Phi) is 4.20. The molecule has 5 heteroatoms. The maximum Gasteiger partial charge on any atom is 0.253 e. The second-order valence-electron chi connectivity index (χ2n) is 6.06. The van der Waals surface area contributed by atoms with Gasteiger partial charge in [0.2, 0.25) is 0 Å². The summed E-state index contributed by atoms with van der Waals surface area (Å²) >= 11 is 6.26. The van der Waals surface area contributed by atoms with Crippen molar-refractivity contribution in [2.45, 2.75) is 25.4 Å². The predicted molar refractivity (Wildman–Crippen MR) is 83.8 cm³/mol. The van der Waals surface area contributed by atoms with Crippen molar-refractivity contribution in [3.8, 4) is 0 Å². The van der Waals surface area contributed by atoms with Crippen molar-refractivity contribution >= 4 is 23.2 Å². The van der Waals surface area contributed by atoms with E-state index in [-0.39, 0.29) is 18.1 Å². The van der Waals surface area contributed by atoms with Gasteiger partial charge in [-0.15, -0.1) is 0 Å². The Morgan fingerprint density at radius 3 is 2.76 bits per heavy atom. The number of amides is 1. The van der Waals surface area contributed by atoms with Gasteiger partial charge in [-0.1, -0.05) is 23.7 Å². The second-order valence-corrected chi connectivity index (χ2v) is 6.46. The van der Waals surface area contributed by atoms with Gasteiger partial charge in [0.15, 0.2) is 0 Å². The molecule has 0 radical (unpaired) electrons. The first-order valence-electron chi connectivity index (χ1n) is 7.50. The molecule has 0 bridgehead atoms. The lowest BCUT2D eigenvalue weighted by molar-refractivity contribution is -0.144. The van der Waals surface area contributed by atoms with E-state index in [4.69, 9.17) is 16.3 Å². The fourth-order valence-electron chi connectivity index (χ4n) is 3.32. The summed E-state index contributed by atoms with van der Waals surface area (Å²) < 4.78 is 5.95. The molecular weight excluding hydrogens is 288 g/mol. The molecule has 0 aromatic heterocycles. The molecule has 114 valence electrons. The SMILES string of the molecule is CC1(C2CCNCC2)CN(c2ccccc2Cl)C(=O)CO1. The summed E-state index contributed by atoms with van der Waals surface area (Å²) in [6.07, 6.45) is 2.17. The number of halogens is 1. The van der Waals surface area contributed by atoms with Gasteiger partial charge in [-0.2, -0.15) is 0 Å². The monoisotopic (exact) mass is 308 g/mol. The minimum Gasteiger partial charge on any atom is -0.363 e. The molecule has 2 aliphatic heterocycles. The van der Waals surface area contributed by atoms with Gasteiger partial charge >= 0.3 is 0 Å². The van der Waals surface area contributed by atoms with Crippen LogP contribution < -0.4 is 10.2 Å². The Hall–Kier alpha value is -1.10. The Balaban J connectivity index is 1.84. The summed E-state index contributed by atoms with van der Waals surface area (Å²) in [4.78, 5) is 14.0. The van der Waals surface area contributed by atoms with Crippen LogP contribution in [-0.4, -0.2) is 37.7 Å². The molecule has 0 aliphatic carbocycles. The van der Waals surface area contributed by atoms with E-state index in [1.54, 1.807) is 4.90 Å². The van der Waals surface area contributed by atoms with E-state index in [1.165, 1.54) is 0 Å². The molecule has 0 spiro atoms. The van der Waals surface area contributed by atoms with E-state index in [0.717, 1.165) is 31.6 Å². The van der Waals surface area contributed by atoms with Crippen LogP contribution in [0.4, 0.5) is 5.69 Å². The van der Waals surface area contributed by atoms with Crippen LogP contribution in [-0.2, 0) is 9.53 Å². The minimum absolute atomic E-state index is 0.0190. The molecule has 2 saturated heterocycles. The van der Waals surface area contributed by atoms with Crippen LogP contribution in [0.1, 0.15) is 19.8 Å². The highest BCUT2D eigenvalue weighted by atomic mass is 35.5. The number of carbonyl (C=O) groups excluding carboxylic acids is 1. The van der Waals surface area contributed by atoms with E-state index in [2.05, 4.69) is 12.2 Å². The topological polar surface area (TPSA) is 41.6 Å². The van der Waals surface area contributed by atoms with Crippen LogP contribution in [0.3, 0.4) is 0 Å². The number of anilines is 1. The highest BCUT2D eigenvalue weighted by Crippen LogP contribution is 2.36. The third kappa shape index (κ3) is 2.93. The summed E-state index contributed by atoms with van der Waals surface area (Å²) in [5, 5.41) is 3.99. The number of para-hydroxylation sites is 1. The molecule has 1 amide bonds. The largest absolute Gasteiger partial charge is 0.363 e. The molecule has 1 aromatic rings. The van der Waals surface area contributed by atoms with E-state index in [9.17, 15) is 4.79 Å². The normalized spacial score (nSPS) is 27.9. The number of benzene rings is 1. The van der Waals surface area contributed by atoms with E-state index in [0.29, 0.717) is 17.5 Å². The van der Waals surface area contributed by atoms with Gasteiger partial charge in [0.25, 0.3) is 5.91 Å². The first-order chi connectivity index (χ1) is 10.1. The van der Waals surface area contributed by atoms with Gasteiger partial charge in [0, 0.05) is 0 Å². The molecule has 2 fully saturated rings. The van der Waals surface area contributed by atoms with Crippen molar-refractivity contribution in [2.24, 2.45) is 5.92 Å². The quantitative estimate of drug-likeness (QED) is 0.912. The molecule has 21 heavy (non-hydrogen) atoms. The van der Waals surface area contributed by atoms with E-state index < -0.39 is 0 Å². The van der Waals surface area contributed by atoms with Crippen molar-refractivity contribution in [3.63, 3.8) is 0 Å². The number of rotatable bonds is 2. The van der Waals surface area contributed by atoms with Crippen LogP contribution in [0.25, 0.3) is 0 Å². The van der Waals surface area contributed by atoms with Crippen molar-refractivity contribution in [3.05, 3.63) is 29.3 Å². The van der Waals surface area contributed by atoms with Crippen molar-refractivity contribution < 1.29 is 9.53 Å². The molecule has 2 aliphatic rings. The molecule has 0 saturated carbocycles. The minimum atomic E-state index is -0.296. The summed E-state index contributed by atoms with van der Waals surface area (Å²) in [5.41, 5.74) is 0.488. The number of nitrogens with one attached hydrogen (secondary N) is 1. The first-order valence-corrected chi connectivity index (χ1v) is 7.87. The molecule has 2 heterocycles. The van der Waals surface area contributed by atoms with Crippen molar-refractivity contribution in [1.82, 2.24) is 5.32 Å². The summed E-state index contributed by atoms with van der Waals surface area (Å²) in [6.45, 7) is 4.86. The zero-order chi connectivity index (χ0) is 14.9. The highest BCUT2D eigenvalue weighted by Gasteiger charge is 2.43. The predicted octanol–water partition coefficient (Wildman–Crippen LogP) is 2.46. The third-order valence-electron chi connectivity index (χ3n) is 4.64. The lowest BCUT2D eigenvalue weighted by Crippen LogP contribution is -2.58. The Morgan fingerprint density at radius 1 is 1.33 bits per heavy atom. The molecule has 4 nitrogen and oxygen atoms in total. The summed E-state index contributed by atoms with van der Waals surface area (Å²) in [6, 6.07) is 7.50. The average Bonchev–Trinajstić information content (AvgIpc) is 2.52. The number of piperidine rings is 1. The smallest absolute Gasteiger partial charge is 0.253 e. The van der Waals surface area contributed by atoms with Gasteiger partial charge in [-0.3, -0.25) is 4.79 Å². The van der Waals surface area contributed by atoms with Gasteiger partial charge in [0.1, 0.15) is 6.61 Å². The molecule has 1 atom stereocenters. The van der Waals surface area contributed by atoms with Crippen LogP contribution >= 0.6 is 11.6 Å². The number of nitrogens with zero attached hydrogens (tertiary/aromatic N) is 1. The molecule has 1 aromatic carbocycles. The Labute approximate surface area is 130 Å². The average molecular weight is 309 g/mol. The lowest BCUT2D eigenvalue weighted by atomic mass is 9.81. The van der Waals surface area contributed by atoms with E-state index >= 15 is 0 Å². The molecule has 3 rings (SSSR count). The first kappa shape index (κ1) is 14.8. The number of carbonyl (C=O) groups is 1. The summed E-state index contributed by atoms with van der Waals surface area (Å²) in [5.74, 6) is 0.450. The second kappa shape index (κ2) is 5.95. The van der Waals surface area contributed by atoms with Crippen molar-refractivity contribution in [2.75, 3.05) is 31.1 Å². The van der Waals surface area contributed by atoms with Gasteiger partial charge < -0.3 is 15.0 Å². The van der Waals surface area contributed by atoms with Gasteiger partial charge in [0.05, 0.1) is 22.9 Å². The fraction of sp³-hybridized carbons (Fsp3) is 0.562.